The first-order valence-electron chi connectivity index (χ1n) is 5.30. The van der Waals surface area contributed by atoms with Gasteiger partial charge in [-0.3, -0.25) is 14.5 Å². The number of anilines is 1. The SMILES string of the molecule is Cc1[nH]nc(-n2cnnc2)c1NC(=O)C(C)C. The number of amides is 1. The molecule has 0 unspecified atom stereocenters. The van der Waals surface area contributed by atoms with E-state index in [2.05, 4.69) is 25.7 Å². The van der Waals surface area contributed by atoms with Gasteiger partial charge in [0, 0.05) is 5.92 Å². The summed E-state index contributed by atoms with van der Waals surface area (Å²) in [6.07, 6.45) is 3.06. The van der Waals surface area contributed by atoms with Crippen molar-refractivity contribution < 1.29 is 4.79 Å². The van der Waals surface area contributed by atoms with Crippen LogP contribution >= 0.6 is 0 Å². The van der Waals surface area contributed by atoms with E-state index >= 15 is 0 Å². The number of H-pyrrole nitrogens is 1. The van der Waals surface area contributed by atoms with Crippen molar-refractivity contribution in [2.45, 2.75) is 20.8 Å². The van der Waals surface area contributed by atoms with Crippen molar-refractivity contribution >= 4 is 11.6 Å². The molecule has 0 saturated heterocycles. The van der Waals surface area contributed by atoms with Crippen LogP contribution in [-0.2, 0) is 4.79 Å². The Hall–Kier alpha value is -2.18. The van der Waals surface area contributed by atoms with Crippen LogP contribution in [0.15, 0.2) is 12.7 Å². The molecule has 7 heteroatoms. The van der Waals surface area contributed by atoms with Gasteiger partial charge < -0.3 is 5.32 Å². The quantitative estimate of drug-likeness (QED) is 0.825. The van der Waals surface area contributed by atoms with Crippen LogP contribution in [-0.4, -0.2) is 30.9 Å². The van der Waals surface area contributed by atoms with E-state index in [4.69, 9.17) is 0 Å². The van der Waals surface area contributed by atoms with Gasteiger partial charge in [-0.05, 0) is 6.92 Å². The van der Waals surface area contributed by atoms with Gasteiger partial charge in [-0.25, -0.2) is 0 Å². The molecular weight excluding hydrogens is 220 g/mol. The predicted molar refractivity (Wildman–Crippen MR) is 61.7 cm³/mol. The highest BCUT2D eigenvalue weighted by Gasteiger charge is 2.16. The molecular formula is C10H14N6O. The second-order valence-electron chi connectivity index (χ2n) is 4.06. The highest BCUT2D eigenvalue weighted by atomic mass is 16.1. The van der Waals surface area contributed by atoms with Crippen LogP contribution in [0, 0.1) is 12.8 Å². The van der Waals surface area contributed by atoms with Crippen LogP contribution in [0.25, 0.3) is 5.82 Å². The third kappa shape index (κ3) is 2.17. The van der Waals surface area contributed by atoms with E-state index < -0.39 is 0 Å². The Morgan fingerprint density at radius 3 is 2.65 bits per heavy atom. The van der Waals surface area contributed by atoms with E-state index in [1.54, 1.807) is 4.57 Å². The van der Waals surface area contributed by atoms with Gasteiger partial charge in [0.1, 0.15) is 18.3 Å². The molecule has 0 fully saturated rings. The number of nitrogens with one attached hydrogen (secondary N) is 2. The number of carbonyl (C=O) groups is 1. The van der Waals surface area contributed by atoms with E-state index in [1.807, 2.05) is 20.8 Å². The Morgan fingerprint density at radius 1 is 1.41 bits per heavy atom. The second kappa shape index (κ2) is 4.36. The zero-order chi connectivity index (χ0) is 12.4. The van der Waals surface area contributed by atoms with Gasteiger partial charge in [0.2, 0.25) is 5.91 Å². The third-order valence-corrected chi connectivity index (χ3v) is 2.36. The summed E-state index contributed by atoms with van der Waals surface area (Å²) in [5.74, 6) is 0.448. The van der Waals surface area contributed by atoms with E-state index in [9.17, 15) is 4.79 Å². The molecule has 2 N–H and O–H groups in total. The first kappa shape index (κ1) is 11.3. The highest BCUT2D eigenvalue weighted by Crippen LogP contribution is 2.21. The molecule has 0 aromatic carbocycles. The maximum Gasteiger partial charge on any atom is 0.227 e. The molecule has 0 bridgehead atoms. The van der Waals surface area contributed by atoms with Crippen LogP contribution in [0.5, 0.6) is 0 Å². The zero-order valence-electron chi connectivity index (χ0n) is 9.93. The number of aryl methyl sites for hydroxylation is 1. The lowest BCUT2D eigenvalue weighted by molar-refractivity contribution is -0.118. The molecule has 1 amide bonds. The minimum Gasteiger partial charge on any atom is -0.321 e. The average Bonchev–Trinajstić information content (AvgIpc) is 2.89. The van der Waals surface area contributed by atoms with Gasteiger partial charge in [0.25, 0.3) is 0 Å². The number of aromatic nitrogens is 5. The summed E-state index contributed by atoms with van der Waals surface area (Å²) in [6.45, 7) is 5.52. The van der Waals surface area contributed by atoms with Crippen molar-refractivity contribution in [3.8, 4) is 5.82 Å². The molecule has 0 spiro atoms. The molecule has 0 aliphatic heterocycles. The molecule has 0 aliphatic carbocycles. The standard InChI is InChI=1S/C10H14N6O/c1-6(2)10(17)13-8-7(3)14-15-9(8)16-4-11-12-5-16/h4-6H,1-3H3,(H,13,17)(H,14,15). The Bertz CT molecular complexity index is 513. The van der Waals surface area contributed by atoms with Crippen molar-refractivity contribution in [2.24, 2.45) is 5.92 Å². The van der Waals surface area contributed by atoms with Crippen LogP contribution in [0.2, 0.25) is 0 Å². The molecule has 0 radical (unpaired) electrons. The largest absolute Gasteiger partial charge is 0.321 e. The normalized spacial score (nSPS) is 10.8. The number of nitrogens with zero attached hydrogens (tertiary/aromatic N) is 4. The van der Waals surface area contributed by atoms with Crippen molar-refractivity contribution in [2.75, 3.05) is 5.32 Å². The molecule has 2 aromatic rings. The Labute approximate surface area is 98.2 Å². The first-order valence-corrected chi connectivity index (χ1v) is 5.30. The first-order chi connectivity index (χ1) is 8.09. The van der Waals surface area contributed by atoms with Crippen LogP contribution < -0.4 is 5.32 Å². The number of rotatable bonds is 3. The second-order valence-corrected chi connectivity index (χ2v) is 4.06. The average molecular weight is 234 g/mol. The molecule has 2 rings (SSSR count). The van der Waals surface area contributed by atoms with Crippen molar-refractivity contribution in [3.63, 3.8) is 0 Å². The van der Waals surface area contributed by atoms with Crippen molar-refractivity contribution in [1.29, 1.82) is 0 Å². The lowest BCUT2D eigenvalue weighted by Crippen LogP contribution is -2.19. The van der Waals surface area contributed by atoms with E-state index in [1.165, 1.54) is 12.7 Å². The summed E-state index contributed by atoms with van der Waals surface area (Å²) < 4.78 is 1.64. The number of aromatic amines is 1. The zero-order valence-corrected chi connectivity index (χ0v) is 9.93. The van der Waals surface area contributed by atoms with Gasteiger partial charge in [-0.1, -0.05) is 13.8 Å². The fourth-order valence-electron chi connectivity index (χ4n) is 1.33. The maximum atomic E-state index is 11.7. The Balaban J connectivity index is 2.34. The topological polar surface area (TPSA) is 88.5 Å². The van der Waals surface area contributed by atoms with E-state index in [-0.39, 0.29) is 11.8 Å². The minimum atomic E-state index is -0.0851. The molecule has 7 nitrogen and oxygen atoms in total. The summed E-state index contributed by atoms with van der Waals surface area (Å²) >= 11 is 0. The maximum absolute atomic E-state index is 11.7. The molecule has 0 saturated carbocycles. The monoisotopic (exact) mass is 234 g/mol. The summed E-state index contributed by atoms with van der Waals surface area (Å²) in [5.41, 5.74) is 1.45. The smallest absolute Gasteiger partial charge is 0.227 e. The van der Waals surface area contributed by atoms with Gasteiger partial charge >= 0.3 is 0 Å². The molecule has 0 aliphatic rings. The van der Waals surface area contributed by atoms with Gasteiger partial charge in [0.05, 0.1) is 5.69 Å². The van der Waals surface area contributed by atoms with Crippen LogP contribution in [0.3, 0.4) is 0 Å². The van der Waals surface area contributed by atoms with Crippen molar-refractivity contribution in [1.82, 2.24) is 25.0 Å². The molecule has 90 valence electrons. The summed E-state index contributed by atoms with van der Waals surface area (Å²) in [4.78, 5) is 11.7. The fourth-order valence-corrected chi connectivity index (χ4v) is 1.33. The van der Waals surface area contributed by atoms with E-state index in [0.29, 0.717) is 11.5 Å². The molecule has 2 heterocycles. The van der Waals surface area contributed by atoms with E-state index in [0.717, 1.165) is 5.69 Å². The summed E-state index contributed by atoms with van der Waals surface area (Å²) in [7, 11) is 0. The van der Waals surface area contributed by atoms with Crippen LogP contribution in [0.4, 0.5) is 5.69 Å². The van der Waals surface area contributed by atoms with Crippen LogP contribution in [0.1, 0.15) is 19.5 Å². The number of hydrogen-bond donors (Lipinski definition) is 2. The van der Waals surface area contributed by atoms with Gasteiger partial charge in [-0.15, -0.1) is 10.2 Å². The fraction of sp³-hybridized carbons (Fsp3) is 0.400. The molecule has 17 heavy (non-hydrogen) atoms. The van der Waals surface area contributed by atoms with Gasteiger partial charge in [0.15, 0.2) is 5.82 Å². The van der Waals surface area contributed by atoms with Gasteiger partial charge in [-0.2, -0.15) is 5.10 Å². The summed E-state index contributed by atoms with van der Waals surface area (Å²) in [6, 6.07) is 0. The summed E-state index contributed by atoms with van der Waals surface area (Å²) in [5, 5.41) is 17.2. The Morgan fingerprint density at radius 2 is 2.06 bits per heavy atom. The lowest BCUT2D eigenvalue weighted by Gasteiger charge is -2.08. The third-order valence-electron chi connectivity index (χ3n) is 2.36. The van der Waals surface area contributed by atoms with Crippen molar-refractivity contribution in [3.05, 3.63) is 18.3 Å². The predicted octanol–water partition coefficient (Wildman–Crippen LogP) is 0.893. The number of carbonyl (C=O) groups excluding carboxylic acids is 1. The number of hydrogen-bond acceptors (Lipinski definition) is 4. The Kier molecular flexibility index (Phi) is 2.90. The highest BCUT2D eigenvalue weighted by molar-refractivity contribution is 5.94. The lowest BCUT2D eigenvalue weighted by atomic mass is 10.2. The minimum absolute atomic E-state index is 0.0520. The molecule has 2 aromatic heterocycles. The molecule has 0 atom stereocenters.